The number of hydrogen-bond acceptors (Lipinski definition) is 4. The standard InChI is InChI=1S/C19H19N3O2/c23-19(18-12-17(22-24-18)16-9-3-4-11-20-16)21-15-10-5-7-13-6-1-2-8-14(13)15/h1-4,6,8-9,11,15,18H,5,7,10,12H2,(H,21,23)/t15-,18?/m0/s1. The number of fused-ring (bicyclic) bond motifs is 1. The lowest BCUT2D eigenvalue weighted by atomic mass is 9.87. The fourth-order valence-corrected chi connectivity index (χ4v) is 3.37. The van der Waals surface area contributed by atoms with Gasteiger partial charge >= 0.3 is 0 Å². The van der Waals surface area contributed by atoms with Gasteiger partial charge in [0.2, 0.25) is 6.10 Å². The van der Waals surface area contributed by atoms with Crippen LogP contribution in [0.25, 0.3) is 0 Å². The van der Waals surface area contributed by atoms with Gasteiger partial charge in [-0.2, -0.15) is 0 Å². The number of nitrogens with zero attached hydrogens (tertiary/aromatic N) is 2. The summed E-state index contributed by atoms with van der Waals surface area (Å²) in [6.45, 7) is 0. The van der Waals surface area contributed by atoms with Gasteiger partial charge in [-0.3, -0.25) is 9.78 Å². The van der Waals surface area contributed by atoms with Crippen LogP contribution in [0.2, 0.25) is 0 Å². The minimum absolute atomic E-state index is 0.0601. The number of carbonyl (C=O) groups is 1. The van der Waals surface area contributed by atoms with Crippen LogP contribution in [0.1, 0.15) is 42.1 Å². The highest BCUT2D eigenvalue weighted by molar-refractivity contribution is 6.02. The molecule has 0 spiro atoms. The maximum Gasteiger partial charge on any atom is 0.264 e. The smallest absolute Gasteiger partial charge is 0.264 e. The first-order valence-electron chi connectivity index (χ1n) is 8.33. The molecular weight excluding hydrogens is 302 g/mol. The molecule has 24 heavy (non-hydrogen) atoms. The molecule has 0 saturated carbocycles. The Bertz CT molecular complexity index is 773. The van der Waals surface area contributed by atoms with Crippen molar-refractivity contribution in [2.45, 2.75) is 37.8 Å². The van der Waals surface area contributed by atoms with Gasteiger partial charge in [0.05, 0.1) is 11.7 Å². The minimum Gasteiger partial charge on any atom is -0.382 e. The Hall–Kier alpha value is -2.69. The number of aromatic nitrogens is 1. The number of nitrogens with one attached hydrogen (secondary N) is 1. The van der Waals surface area contributed by atoms with E-state index in [1.54, 1.807) is 6.20 Å². The van der Waals surface area contributed by atoms with Gasteiger partial charge in [0, 0.05) is 12.6 Å². The Kier molecular flexibility index (Phi) is 3.99. The zero-order valence-electron chi connectivity index (χ0n) is 13.3. The molecule has 5 heteroatoms. The normalized spacial score (nSPS) is 22.2. The monoisotopic (exact) mass is 321 g/mol. The maximum atomic E-state index is 12.6. The molecule has 2 heterocycles. The number of aryl methyl sites for hydroxylation is 1. The molecule has 0 fully saturated rings. The van der Waals surface area contributed by atoms with E-state index in [1.165, 1.54) is 11.1 Å². The van der Waals surface area contributed by atoms with Gasteiger partial charge in [-0.15, -0.1) is 0 Å². The van der Waals surface area contributed by atoms with Crippen molar-refractivity contribution in [1.82, 2.24) is 10.3 Å². The van der Waals surface area contributed by atoms with E-state index in [0.717, 1.165) is 30.7 Å². The molecule has 5 nitrogen and oxygen atoms in total. The molecule has 1 aromatic heterocycles. The van der Waals surface area contributed by atoms with Gasteiger partial charge in [0.15, 0.2) is 0 Å². The molecule has 1 amide bonds. The Labute approximate surface area is 140 Å². The fraction of sp³-hybridized carbons (Fsp3) is 0.316. The fourth-order valence-electron chi connectivity index (χ4n) is 3.37. The van der Waals surface area contributed by atoms with Gasteiger partial charge in [0.25, 0.3) is 5.91 Å². The van der Waals surface area contributed by atoms with Crippen LogP contribution in [-0.4, -0.2) is 22.7 Å². The van der Waals surface area contributed by atoms with Crippen molar-refractivity contribution >= 4 is 11.6 Å². The van der Waals surface area contributed by atoms with Crippen LogP contribution >= 0.6 is 0 Å². The van der Waals surface area contributed by atoms with Crippen molar-refractivity contribution in [3.05, 3.63) is 65.5 Å². The molecule has 4 rings (SSSR count). The summed E-state index contributed by atoms with van der Waals surface area (Å²) in [5.74, 6) is -0.105. The molecule has 1 N–H and O–H groups in total. The van der Waals surface area contributed by atoms with E-state index in [9.17, 15) is 4.79 Å². The number of amides is 1. The maximum absolute atomic E-state index is 12.6. The topological polar surface area (TPSA) is 63.6 Å². The highest BCUT2D eigenvalue weighted by Crippen LogP contribution is 2.29. The largest absolute Gasteiger partial charge is 0.382 e. The van der Waals surface area contributed by atoms with Gasteiger partial charge in [0.1, 0.15) is 5.71 Å². The Morgan fingerprint density at radius 2 is 2.04 bits per heavy atom. The lowest BCUT2D eigenvalue weighted by Crippen LogP contribution is -2.38. The number of benzene rings is 1. The van der Waals surface area contributed by atoms with Crippen LogP contribution in [0.15, 0.2) is 53.8 Å². The summed E-state index contributed by atoms with van der Waals surface area (Å²) in [7, 11) is 0. The molecule has 122 valence electrons. The van der Waals surface area contributed by atoms with Crippen LogP contribution in [-0.2, 0) is 16.1 Å². The van der Waals surface area contributed by atoms with E-state index in [0.29, 0.717) is 6.42 Å². The van der Waals surface area contributed by atoms with E-state index in [-0.39, 0.29) is 11.9 Å². The summed E-state index contributed by atoms with van der Waals surface area (Å²) < 4.78 is 0. The summed E-state index contributed by atoms with van der Waals surface area (Å²) in [5, 5.41) is 7.17. The Balaban J connectivity index is 1.42. The molecule has 1 aliphatic heterocycles. The lowest BCUT2D eigenvalue weighted by molar-refractivity contribution is -0.132. The molecule has 2 aromatic rings. The van der Waals surface area contributed by atoms with Crippen molar-refractivity contribution in [3.8, 4) is 0 Å². The predicted octanol–water partition coefficient (Wildman–Crippen LogP) is 2.77. The zero-order valence-corrected chi connectivity index (χ0v) is 13.3. The lowest BCUT2D eigenvalue weighted by Gasteiger charge is -2.27. The molecular formula is C19H19N3O2. The predicted molar refractivity (Wildman–Crippen MR) is 90.5 cm³/mol. The molecule has 1 aliphatic carbocycles. The van der Waals surface area contributed by atoms with Crippen molar-refractivity contribution < 1.29 is 9.63 Å². The van der Waals surface area contributed by atoms with Crippen LogP contribution in [0.4, 0.5) is 0 Å². The van der Waals surface area contributed by atoms with Crippen LogP contribution in [0, 0.1) is 0 Å². The Morgan fingerprint density at radius 3 is 2.92 bits per heavy atom. The van der Waals surface area contributed by atoms with Gasteiger partial charge in [-0.25, -0.2) is 0 Å². The summed E-state index contributed by atoms with van der Waals surface area (Å²) in [4.78, 5) is 22.2. The average molecular weight is 321 g/mol. The first kappa shape index (κ1) is 14.9. The van der Waals surface area contributed by atoms with E-state index in [2.05, 4.69) is 33.7 Å². The molecule has 1 unspecified atom stereocenters. The number of carbonyl (C=O) groups excluding carboxylic acids is 1. The second-order valence-corrected chi connectivity index (χ2v) is 6.20. The van der Waals surface area contributed by atoms with Crippen molar-refractivity contribution in [3.63, 3.8) is 0 Å². The van der Waals surface area contributed by atoms with Gasteiger partial charge in [-0.05, 0) is 42.5 Å². The van der Waals surface area contributed by atoms with E-state index < -0.39 is 6.10 Å². The Morgan fingerprint density at radius 1 is 1.17 bits per heavy atom. The third-order valence-electron chi connectivity index (χ3n) is 4.61. The van der Waals surface area contributed by atoms with Crippen molar-refractivity contribution in [2.75, 3.05) is 0 Å². The van der Waals surface area contributed by atoms with Crippen molar-refractivity contribution in [1.29, 1.82) is 0 Å². The van der Waals surface area contributed by atoms with Crippen LogP contribution < -0.4 is 5.32 Å². The SMILES string of the molecule is O=C(N[C@H]1CCCc2ccccc21)C1CC(c2ccccn2)=NO1. The number of oxime groups is 1. The number of hydrogen-bond donors (Lipinski definition) is 1. The summed E-state index contributed by atoms with van der Waals surface area (Å²) >= 11 is 0. The summed E-state index contributed by atoms with van der Waals surface area (Å²) in [6, 6.07) is 14.0. The molecule has 0 radical (unpaired) electrons. The highest BCUT2D eigenvalue weighted by atomic mass is 16.6. The van der Waals surface area contributed by atoms with E-state index in [1.807, 2.05) is 24.3 Å². The quantitative estimate of drug-likeness (QED) is 0.945. The summed E-state index contributed by atoms with van der Waals surface area (Å²) in [6.07, 6.45) is 4.72. The number of pyridine rings is 1. The van der Waals surface area contributed by atoms with Gasteiger partial charge < -0.3 is 10.2 Å². The third kappa shape index (κ3) is 2.89. The second-order valence-electron chi connectivity index (χ2n) is 6.20. The second kappa shape index (κ2) is 6.43. The first-order valence-corrected chi connectivity index (χ1v) is 8.33. The third-order valence-corrected chi connectivity index (χ3v) is 4.61. The molecule has 2 aliphatic rings. The van der Waals surface area contributed by atoms with Crippen LogP contribution in [0.5, 0.6) is 0 Å². The van der Waals surface area contributed by atoms with E-state index >= 15 is 0 Å². The molecule has 1 aromatic carbocycles. The molecule has 2 atom stereocenters. The first-order chi connectivity index (χ1) is 11.8. The average Bonchev–Trinajstić information content (AvgIpc) is 3.13. The molecule has 0 bridgehead atoms. The minimum atomic E-state index is -0.573. The zero-order chi connectivity index (χ0) is 16.4. The van der Waals surface area contributed by atoms with Gasteiger partial charge in [-0.1, -0.05) is 35.5 Å². The summed E-state index contributed by atoms with van der Waals surface area (Å²) in [5.41, 5.74) is 4.03. The highest BCUT2D eigenvalue weighted by Gasteiger charge is 2.31. The van der Waals surface area contributed by atoms with Crippen molar-refractivity contribution in [2.24, 2.45) is 5.16 Å². The van der Waals surface area contributed by atoms with Crippen LogP contribution in [0.3, 0.4) is 0 Å². The molecule has 0 saturated heterocycles. The number of rotatable bonds is 3. The van der Waals surface area contributed by atoms with E-state index in [4.69, 9.17) is 4.84 Å².